The molecule has 1 aliphatic heterocycles. The van der Waals surface area contributed by atoms with E-state index < -0.39 is 0 Å². The molecule has 0 saturated carbocycles. The molecule has 0 saturated heterocycles. The van der Waals surface area contributed by atoms with E-state index in [2.05, 4.69) is 20.5 Å². The fourth-order valence-electron chi connectivity index (χ4n) is 2.23. The van der Waals surface area contributed by atoms with Crippen molar-refractivity contribution in [3.63, 3.8) is 0 Å². The predicted octanol–water partition coefficient (Wildman–Crippen LogP) is 0.783. The lowest BCUT2D eigenvalue weighted by Gasteiger charge is -2.19. The smallest absolute Gasteiger partial charge is 0.258 e. The topological polar surface area (TPSA) is 87.2 Å². The van der Waals surface area contributed by atoms with Crippen LogP contribution in [0.5, 0.6) is 0 Å². The van der Waals surface area contributed by atoms with E-state index in [1.54, 1.807) is 6.07 Å². The van der Waals surface area contributed by atoms with Gasteiger partial charge in [0.05, 0.1) is 22.9 Å². The Balaban J connectivity index is 2.12. The monoisotopic (exact) mass is 256 g/mol. The number of fused-ring (bicyclic) bond motifs is 1. The molecular weight excluding hydrogens is 244 g/mol. The molecule has 0 fully saturated rings. The molecule has 6 heteroatoms. The molecule has 0 aliphatic carbocycles. The highest BCUT2D eigenvalue weighted by Gasteiger charge is 2.21. The summed E-state index contributed by atoms with van der Waals surface area (Å²) in [6, 6.07) is 5.37. The lowest BCUT2D eigenvalue weighted by atomic mass is 9.93. The molecule has 2 heterocycles. The van der Waals surface area contributed by atoms with Crippen LogP contribution >= 0.6 is 0 Å². The van der Waals surface area contributed by atoms with Crippen LogP contribution in [0.1, 0.15) is 18.9 Å². The molecule has 1 aliphatic rings. The number of hydrogen-bond donors (Lipinski definition) is 2. The Bertz CT molecular complexity index is 748. The van der Waals surface area contributed by atoms with Gasteiger partial charge in [0.15, 0.2) is 0 Å². The van der Waals surface area contributed by atoms with Crippen LogP contribution in [-0.2, 0) is 4.79 Å². The first-order chi connectivity index (χ1) is 9.15. The summed E-state index contributed by atoms with van der Waals surface area (Å²) in [7, 11) is 0. The predicted molar refractivity (Wildman–Crippen MR) is 70.8 cm³/mol. The minimum Gasteiger partial charge on any atom is -0.313 e. The summed E-state index contributed by atoms with van der Waals surface area (Å²) >= 11 is 0. The van der Waals surface area contributed by atoms with E-state index in [1.165, 1.54) is 6.33 Å². The van der Waals surface area contributed by atoms with Crippen LogP contribution in [0.15, 0.2) is 34.4 Å². The maximum Gasteiger partial charge on any atom is 0.258 e. The van der Waals surface area contributed by atoms with E-state index in [9.17, 15) is 9.59 Å². The van der Waals surface area contributed by atoms with Gasteiger partial charge < -0.3 is 4.98 Å². The maximum atomic E-state index is 11.6. The van der Waals surface area contributed by atoms with Crippen molar-refractivity contribution in [3.8, 4) is 0 Å². The number of benzene rings is 1. The summed E-state index contributed by atoms with van der Waals surface area (Å²) in [4.78, 5) is 29.5. The molecule has 1 atom stereocenters. The van der Waals surface area contributed by atoms with Gasteiger partial charge >= 0.3 is 0 Å². The van der Waals surface area contributed by atoms with Crippen LogP contribution in [0.4, 0.5) is 0 Å². The normalized spacial score (nSPS) is 19.1. The van der Waals surface area contributed by atoms with Gasteiger partial charge in [-0.2, -0.15) is 5.10 Å². The lowest BCUT2D eigenvalue weighted by molar-refractivity contribution is -0.121. The first-order valence-electron chi connectivity index (χ1n) is 5.99. The molecule has 2 aromatic rings. The van der Waals surface area contributed by atoms with Crippen molar-refractivity contribution >= 4 is 22.5 Å². The van der Waals surface area contributed by atoms with Gasteiger partial charge in [0.25, 0.3) is 5.56 Å². The second-order valence-corrected chi connectivity index (χ2v) is 4.60. The first-order valence-corrected chi connectivity index (χ1v) is 5.99. The molecular formula is C13H12N4O2. The Labute approximate surface area is 108 Å². The van der Waals surface area contributed by atoms with Crippen molar-refractivity contribution in [2.45, 2.75) is 13.3 Å². The summed E-state index contributed by atoms with van der Waals surface area (Å²) in [6.07, 6.45) is 1.79. The average molecular weight is 256 g/mol. The Hall–Kier alpha value is -2.50. The SMILES string of the molecule is CC1CC(=O)NN=C1c1ccc2c(=O)[nH]cnc2c1. The second-order valence-electron chi connectivity index (χ2n) is 4.60. The molecule has 1 unspecified atom stereocenters. The Morgan fingerprint density at radius 3 is 2.95 bits per heavy atom. The number of hydrazone groups is 1. The number of rotatable bonds is 1. The van der Waals surface area contributed by atoms with Gasteiger partial charge in [-0.25, -0.2) is 10.4 Å². The summed E-state index contributed by atoms with van der Waals surface area (Å²) in [5.41, 5.74) is 4.62. The highest BCUT2D eigenvalue weighted by Crippen LogP contribution is 2.18. The third-order valence-corrected chi connectivity index (χ3v) is 3.20. The van der Waals surface area contributed by atoms with E-state index in [4.69, 9.17) is 0 Å². The van der Waals surface area contributed by atoms with Crippen LogP contribution in [0.25, 0.3) is 10.9 Å². The minimum atomic E-state index is -0.163. The minimum absolute atomic E-state index is 0.0493. The Morgan fingerprint density at radius 1 is 1.32 bits per heavy atom. The highest BCUT2D eigenvalue weighted by molar-refractivity contribution is 6.07. The third-order valence-electron chi connectivity index (χ3n) is 3.20. The number of aromatic amines is 1. The number of nitrogens with one attached hydrogen (secondary N) is 2. The summed E-state index contributed by atoms with van der Waals surface area (Å²) in [5.74, 6) is -0.0280. The van der Waals surface area contributed by atoms with Gasteiger partial charge in [-0.15, -0.1) is 0 Å². The number of nitrogens with zero attached hydrogens (tertiary/aromatic N) is 2. The van der Waals surface area contributed by atoms with Crippen molar-refractivity contribution in [2.75, 3.05) is 0 Å². The fraction of sp³-hybridized carbons (Fsp3) is 0.231. The zero-order valence-electron chi connectivity index (χ0n) is 10.3. The molecule has 1 amide bonds. The summed E-state index contributed by atoms with van der Waals surface area (Å²) < 4.78 is 0. The van der Waals surface area contributed by atoms with E-state index in [-0.39, 0.29) is 17.4 Å². The number of hydrogen-bond acceptors (Lipinski definition) is 4. The molecule has 6 nitrogen and oxygen atoms in total. The molecule has 0 radical (unpaired) electrons. The van der Waals surface area contributed by atoms with Gasteiger partial charge in [-0.05, 0) is 12.1 Å². The number of carbonyl (C=O) groups is 1. The third kappa shape index (κ3) is 2.01. The summed E-state index contributed by atoms with van der Waals surface area (Å²) in [5, 5.41) is 4.64. The average Bonchev–Trinajstić information content (AvgIpc) is 2.38. The first kappa shape index (κ1) is 11.6. The van der Waals surface area contributed by atoms with Crippen molar-refractivity contribution in [2.24, 2.45) is 11.0 Å². The van der Waals surface area contributed by atoms with Crippen molar-refractivity contribution < 1.29 is 4.79 Å². The van der Waals surface area contributed by atoms with E-state index in [0.29, 0.717) is 17.3 Å². The zero-order chi connectivity index (χ0) is 13.4. The van der Waals surface area contributed by atoms with Crippen LogP contribution in [-0.4, -0.2) is 21.6 Å². The lowest BCUT2D eigenvalue weighted by Crippen LogP contribution is -2.31. The highest BCUT2D eigenvalue weighted by atomic mass is 16.2. The van der Waals surface area contributed by atoms with Crippen LogP contribution in [0.3, 0.4) is 0 Å². The molecule has 19 heavy (non-hydrogen) atoms. The molecule has 1 aromatic carbocycles. The van der Waals surface area contributed by atoms with Gasteiger partial charge in [0, 0.05) is 17.9 Å². The molecule has 2 N–H and O–H groups in total. The Morgan fingerprint density at radius 2 is 2.16 bits per heavy atom. The zero-order valence-corrected chi connectivity index (χ0v) is 10.3. The van der Waals surface area contributed by atoms with Gasteiger partial charge in [-0.1, -0.05) is 13.0 Å². The van der Waals surface area contributed by atoms with Crippen molar-refractivity contribution in [1.29, 1.82) is 0 Å². The van der Waals surface area contributed by atoms with E-state index >= 15 is 0 Å². The van der Waals surface area contributed by atoms with Gasteiger partial charge in [-0.3, -0.25) is 9.59 Å². The molecule has 96 valence electrons. The fourth-order valence-corrected chi connectivity index (χ4v) is 2.23. The van der Waals surface area contributed by atoms with Crippen LogP contribution in [0.2, 0.25) is 0 Å². The van der Waals surface area contributed by atoms with E-state index in [1.807, 2.05) is 19.1 Å². The molecule has 0 bridgehead atoms. The number of carbonyl (C=O) groups excluding carboxylic acids is 1. The van der Waals surface area contributed by atoms with Crippen LogP contribution in [0, 0.1) is 5.92 Å². The number of H-pyrrole nitrogens is 1. The van der Waals surface area contributed by atoms with Gasteiger partial charge in [0.2, 0.25) is 5.91 Å². The second kappa shape index (κ2) is 4.31. The van der Waals surface area contributed by atoms with Crippen molar-refractivity contribution in [1.82, 2.24) is 15.4 Å². The molecule has 3 rings (SSSR count). The quantitative estimate of drug-likeness (QED) is 0.790. The molecule has 0 spiro atoms. The van der Waals surface area contributed by atoms with Crippen molar-refractivity contribution in [3.05, 3.63) is 40.4 Å². The standard InChI is InChI=1S/C13H12N4O2/c1-7-4-11(18)16-17-12(7)8-2-3-9-10(5-8)14-6-15-13(9)19/h2-3,5-7H,4H2,1H3,(H,16,18)(H,14,15,19). The van der Waals surface area contributed by atoms with E-state index in [0.717, 1.165) is 11.3 Å². The molecule has 1 aromatic heterocycles. The maximum absolute atomic E-state index is 11.6. The largest absolute Gasteiger partial charge is 0.313 e. The van der Waals surface area contributed by atoms with Gasteiger partial charge in [0.1, 0.15) is 0 Å². The summed E-state index contributed by atoms with van der Waals surface area (Å²) in [6.45, 7) is 1.95. The Kier molecular flexibility index (Phi) is 2.63. The number of aromatic nitrogens is 2. The van der Waals surface area contributed by atoms with Crippen LogP contribution < -0.4 is 11.0 Å². The number of amides is 1.